The predicted octanol–water partition coefficient (Wildman–Crippen LogP) is 2.02. The van der Waals surface area contributed by atoms with E-state index in [1.165, 1.54) is 0 Å². The first-order chi connectivity index (χ1) is 10.3. The predicted molar refractivity (Wildman–Crippen MR) is 82.6 cm³/mol. The Morgan fingerprint density at radius 1 is 1.27 bits per heavy atom. The van der Waals surface area contributed by atoms with Gasteiger partial charge >= 0.3 is 6.09 Å². The van der Waals surface area contributed by atoms with Gasteiger partial charge in [-0.15, -0.1) is 0 Å². The molecule has 2 saturated heterocycles. The van der Waals surface area contributed by atoms with Gasteiger partial charge in [0.25, 0.3) is 0 Å². The monoisotopic (exact) mass is 312 g/mol. The highest BCUT2D eigenvalue weighted by molar-refractivity contribution is 5.77. The zero-order valence-electron chi connectivity index (χ0n) is 14.1. The van der Waals surface area contributed by atoms with Crippen molar-refractivity contribution >= 4 is 12.0 Å². The van der Waals surface area contributed by atoms with Crippen molar-refractivity contribution in [1.29, 1.82) is 0 Å². The van der Waals surface area contributed by atoms with Gasteiger partial charge in [0.15, 0.2) is 0 Å². The van der Waals surface area contributed by atoms with Crippen molar-refractivity contribution in [1.82, 2.24) is 9.80 Å². The Morgan fingerprint density at radius 3 is 2.55 bits per heavy atom. The van der Waals surface area contributed by atoms with E-state index >= 15 is 0 Å². The third kappa shape index (κ3) is 4.60. The van der Waals surface area contributed by atoms with Gasteiger partial charge in [-0.2, -0.15) is 0 Å². The molecule has 0 aliphatic carbocycles. The molecule has 2 amide bonds. The van der Waals surface area contributed by atoms with Crippen LogP contribution in [0.25, 0.3) is 0 Å². The molecule has 126 valence electrons. The fourth-order valence-corrected chi connectivity index (χ4v) is 2.94. The minimum Gasteiger partial charge on any atom is -0.444 e. The third-order valence-electron chi connectivity index (χ3n) is 4.03. The third-order valence-corrected chi connectivity index (χ3v) is 4.03. The number of ether oxygens (including phenoxy) is 2. The van der Waals surface area contributed by atoms with Crippen LogP contribution in [-0.4, -0.2) is 65.8 Å². The number of hydrogen-bond acceptors (Lipinski definition) is 4. The fraction of sp³-hybridized carbons (Fsp3) is 0.875. The molecule has 0 spiro atoms. The van der Waals surface area contributed by atoms with E-state index in [4.69, 9.17) is 9.47 Å². The maximum atomic E-state index is 12.4. The number of carbonyl (C=O) groups excluding carboxylic acids is 2. The van der Waals surface area contributed by atoms with Gasteiger partial charge in [0.2, 0.25) is 5.91 Å². The molecule has 0 unspecified atom stereocenters. The molecular formula is C16H28N2O4. The Morgan fingerprint density at radius 2 is 2.00 bits per heavy atom. The number of hydrogen-bond donors (Lipinski definition) is 0. The molecule has 0 aromatic heterocycles. The van der Waals surface area contributed by atoms with Gasteiger partial charge in [-0.25, -0.2) is 4.79 Å². The first kappa shape index (κ1) is 17.1. The number of piperazine rings is 1. The Bertz CT molecular complexity index is 413. The van der Waals surface area contributed by atoms with Gasteiger partial charge in [0, 0.05) is 32.3 Å². The molecule has 0 aromatic carbocycles. The van der Waals surface area contributed by atoms with E-state index in [0.717, 1.165) is 19.4 Å². The molecule has 2 aliphatic rings. The summed E-state index contributed by atoms with van der Waals surface area (Å²) in [7, 11) is 0. The maximum absolute atomic E-state index is 12.4. The molecule has 0 saturated carbocycles. The molecule has 2 heterocycles. The Labute approximate surface area is 132 Å². The number of amides is 2. The summed E-state index contributed by atoms with van der Waals surface area (Å²) in [5, 5.41) is 0. The highest BCUT2D eigenvalue weighted by Gasteiger charge is 2.33. The Kier molecular flexibility index (Phi) is 5.32. The summed E-state index contributed by atoms with van der Waals surface area (Å²) in [6.07, 6.45) is 2.24. The SMILES string of the molecule is C[C@@H]1CN(C(=O)OC(C)(C)C)CCN1C(=O)C[C@@H]1CCCO1. The number of nitrogens with zero attached hydrogens (tertiary/aromatic N) is 2. The van der Waals surface area contributed by atoms with Gasteiger partial charge in [-0.05, 0) is 40.5 Å². The molecule has 2 rings (SSSR count). The van der Waals surface area contributed by atoms with Gasteiger partial charge < -0.3 is 19.3 Å². The molecule has 0 N–H and O–H groups in total. The van der Waals surface area contributed by atoms with E-state index < -0.39 is 5.60 Å². The lowest BCUT2D eigenvalue weighted by atomic mass is 10.1. The number of rotatable bonds is 2. The van der Waals surface area contributed by atoms with Crippen molar-refractivity contribution in [3.05, 3.63) is 0 Å². The lowest BCUT2D eigenvalue weighted by molar-refractivity contribution is -0.138. The van der Waals surface area contributed by atoms with Gasteiger partial charge in [0.1, 0.15) is 5.60 Å². The van der Waals surface area contributed by atoms with E-state index in [0.29, 0.717) is 26.1 Å². The normalized spacial score (nSPS) is 26.2. The topological polar surface area (TPSA) is 59.1 Å². The molecule has 0 radical (unpaired) electrons. The molecule has 0 bridgehead atoms. The van der Waals surface area contributed by atoms with Crippen LogP contribution in [0.2, 0.25) is 0 Å². The molecule has 2 fully saturated rings. The highest BCUT2D eigenvalue weighted by atomic mass is 16.6. The van der Waals surface area contributed by atoms with Crippen LogP contribution in [0, 0.1) is 0 Å². The van der Waals surface area contributed by atoms with Crippen LogP contribution >= 0.6 is 0 Å². The van der Waals surface area contributed by atoms with Crippen molar-refractivity contribution in [2.24, 2.45) is 0 Å². The summed E-state index contributed by atoms with van der Waals surface area (Å²) in [6.45, 7) is 9.92. The first-order valence-corrected chi connectivity index (χ1v) is 8.15. The van der Waals surface area contributed by atoms with Crippen molar-refractivity contribution < 1.29 is 19.1 Å². The standard InChI is InChI=1S/C16H28N2O4/c1-12-11-17(15(20)22-16(2,3)4)7-8-18(12)14(19)10-13-6-5-9-21-13/h12-13H,5-11H2,1-4H3/t12-,13+/m1/s1. The molecular weight excluding hydrogens is 284 g/mol. The molecule has 2 aliphatic heterocycles. The quantitative estimate of drug-likeness (QED) is 0.783. The summed E-state index contributed by atoms with van der Waals surface area (Å²) in [5.74, 6) is 0.128. The zero-order chi connectivity index (χ0) is 16.3. The summed E-state index contributed by atoms with van der Waals surface area (Å²) >= 11 is 0. The lowest BCUT2D eigenvalue weighted by Crippen LogP contribution is -2.56. The summed E-state index contributed by atoms with van der Waals surface area (Å²) in [4.78, 5) is 28.0. The fourth-order valence-electron chi connectivity index (χ4n) is 2.94. The van der Waals surface area contributed by atoms with Crippen LogP contribution in [0.1, 0.15) is 47.0 Å². The Balaban J connectivity index is 1.84. The minimum atomic E-state index is -0.493. The molecule has 6 nitrogen and oxygen atoms in total. The maximum Gasteiger partial charge on any atom is 0.410 e. The Hall–Kier alpha value is -1.30. The summed E-state index contributed by atoms with van der Waals surface area (Å²) < 4.78 is 10.9. The smallest absolute Gasteiger partial charge is 0.410 e. The lowest BCUT2D eigenvalue weighted by Gasteiger charge is -2.40. The van der Waals surface area contributed by atoms with Crippen LogP contribution in [0.4, 0.5) is 4.79 Å². The second kappa shape index (κ2) is 6.86. The molecule has 0 aromatic rings. The zero-order valence-corrected chi connectivity index (χ0v) is 14.1. The largest absolute Gasteiger partial charge is 0.444 e. The van der Waals surface area contributed by atoms with Gasteiger partial charge in [-0.3, -0.25) is 4.79 Å². The summed E-state index contributed by atoms with van der Waals surface area (Å²) in [6, 6.07) is 0.00942. The van der Waals surface area contributed by atoms with Crippen LogP contribution in [0.15, 0.2) is 0 Å². The highest BCUT2D eigenvalue weighted by Crippen LogP contribution is 2.19. The molecule has 6 heteroatoms. The van der Waals surface area contributed by atoms with Gasteiger partial charge in [-0.1, -0.05) is 0 Å². The van der Waals surface area contributed by atoms with E-state index in [-0.39, 0.29) is 24.1 Å². The van der Waals surface area contributed by atoms with E-state index in [1.54, 1.807) is 4.90 Å². The first-order valence-electron chi connectivity index (χ1n) is 8.15. The van der Waals surface area contributed by atoms with Crippen LogP contribution in [0.3, 0.4) is 0 Å². The molecule has 2 atom stereocenters. The average molecular weight is 312 g/mol. The van der Waals surface area contributed by atoms with E-state index in [1.807, 2.05) is 32.6 Å². The van der Waals surface area contributed by atoms with E-state index in [9.17, 15) is 9.59 Å². The van der Waals surface area contributed by atoms with Crippen LogP contribution in [-0.2, 0) is 14.3 Å². The van der Waals surface area contributed by atoms with Crippen molar-refractivity contribution in [2.45, 2.75) is 64.7 Å². The van der Waals surface area contributed by atoms with E-state index in [2.05, 4.69) is 0 Å². The van der Waals surface area contributed by atoms with Crippen molar-refractivity contribution in [2.75, 3.05) is 26.2 Å². The second-order valence-electron chi connectivity index (χ2n) is 7.20. The van der Waals surface area contributed by atoms with Crippen LogP contribution in [0.5, 0.6) is 0 Å². The average Bonchev–Trinajstić information content (AvgIpc) is 2.89. The minimum absolute atomic E-state index is 0.00942. The van der Waals surface area contributed by atoms with Crippen LogP contribution < -0.4 is 0 Å². The van der Waals surface area contributed by atoms with Crippen molar-refractivity contribution in [3.63, 3.8) is 0 Å². The number of carbonyl (C=O) groups is 2. The second-order valence-corrected chi connectivity index (χ2v) is 7.20. The van der Waals surface area contributed by atoms with Gasteiger partial charge in [0.05, 0.1) is 12.5 Å². The molecule has 22 heavy (non-hydrogen) atoms. The van der Waals surface area contributed by atoms with Crippen molar-refractivity contribution in [3.8, 4) is 0 Å². The summed E-state index contributed by atoms with van der Waals surface area (Å²) in [5.41, 5.74) is -0.493.